The van der Waals surface area contributed by atoms with Crippen molar-refractivity contribution in [3.8, 4) is 11.3 Å². The molecule has 0 spiro atoms. The Bertz CT molecular complexity index is 932. The van der Waals surface area contributed by atoms with Gasteiger partial charge in [-0.2, -0.15) is 0 Å². The standard InChI is InChI=1S/C20H19ClN4O/c21-16-6-8-17(9-7-16)24-10-12-25(13-11-24)20-22-18(14-19(26)23-20)15-4-2-1-3-5-15/h1-9,14H,10-13H2,(H,22,23,26). The molecule has 1 aromatic heterocycles. The average Bonchev–Trinajstić information content (AvgIpc) is 2.69. The van der Waals surface area contributed by atoms with Crippen LogP contribution in [0.15, 0.2) is 65.5 Å². The minimum atomic E-state index is -0.131. The summed E-state index contributed by atoms with van der Waals surface area (Å²) in [6, 6.07) is 19.2. The van der Waals surface area contributed by atoms with Crippen LogP contribution in [-0.2, 0) is 0 Å². The molecule has 0 saturated carbocycles. The Balaban J connectivity index is 1.52. The molecule has 1 aliphatic heterocycles. The van der Waals surface area contributed by atoms with Gasteiger partial charge in [0.15, 0.2) is 0 Å². The minimum absolute atomic E-state index is 0.131. The van der Waals surface area contributed by atoms with E-state index in [4.69, 9.17) is 11.6 Å². The zero-order valence-corrected chi connectivity index (χ0v) is 15.0. The van der Waals surface area contributed by atoms with Gasteiger partial charge in [-0.15, -0.1) is 0 Å². The van der Waals surface area contributed by atoms with Gasteiger partial charge in [-0.1, -0.05) is 41.9 Å². The molecule has 0 aliphatic carbocycles. The third-order valence-electron chi connectivity index (χ3n) is 4.57. The highest BCUT2D eigenvalue weighted by Crippen LogP contribution is 2.22. The van der Waals surface area contributed by atoms with Gasteiger partial charge in [0.05, 0.1) is 5.69 Å². The highest BCUT2D eigenvalue weighted by atomic mass is 35.5. The maximum atomic E-state index is 12.1. The lowest BCUT2D eigenvalue weighted by atomic mass is 10.1. The summed E-state index contributed by atoms with van der Waals surface area (Å²) in [4.78, 5) is 24.1. The summed E-state index contributed by atoms with van der Waals surface area (Å²) >= 11 is 5.97. The Morgan fingerprint density at radius 2 is 1.54 bits per heavy atom. The van der Waals surface area contributed by atoms with E-state index in [2.05, 4.69) is 19.8 Å². The molecular weight excluding hydrogens is 348 g/mol. The van der Waals surface area contributed by atoms with Crippen LogP contribution in [0, 0.1) is 0 Å². The van der Waals surface area contributed by atoms with E-state index in [1.807, 2.05) is 54.6 Å². The summed E-state index contributed by atoms with van der Waals surface area (Å²) in [5, 5.41) is 0.742. The van der Waals surface area contributed by atoms with Crippen molar-refractivity contribution < 1.29 is 0 Å². The molecule has 0 atom stereocenters. The van der Waals surface area contributed by atoms with Crippen molar-refractivity contribution in [2.45, 2.75) is 0 Å². The number of hydrogen-bond donors (Lipinski definition) is 1. The Labute approximate surface area is 156 Å². The lowest BCUT2D eigenvalue weighted by Crippen LogP contribution is -2.47. The molecule has 132 valence electrons. The Morgan fingerprint density at radius 3 is 2.23 bits per heavy atom. The number of rotatable bonds is 3. The summed E-state index contributed by atoms with van der Waals surface area (Å²) in [5.74, 6) is 0.632. The number of H-pyrrole nitrogens is 1. The summed E-state index contributed by atoms with van der Waals surface area (Å²) in [6.45, 7) is 3.31. The van der Waals surface area contributed by atoms with E-state index in [9.17, 15) is 4.79 Å². The van der Waals surface area contributed by atoms with Gasteiger partial charge in [-0.3, -0.25) is 9.78 Å². The van der Waals surface area contributed by atoms with Gasteiger partial charge in [-0.25, -0.2) is 4.98 Å². The maximum absolute atomic E-state index is 12.1. The number of benzene rings is 2. The summed E-state index contributed by atoms with van der Waals surface area (Å²) in [6.07, 6.45) is 0. The molecule has 1 N–H and O–H groups in total. The van der Waals surface area contributed by atoms with E-state index >= 15 is 0 Å². The van der Waals surface area contributed by atoms with Crippen LogP contribution in [-0.4, -0.2) is 36.1 Å². The molecule has 0 amide bonds. The second kappa shape index (κ2) is 7.22. The fourth-order valence-electron chi connectivity index (χ4n) is 3.18. The second-order valence-corrected chi connectivity index (χ2v) is 6.71. The summed E-state index contributed by atoms with van der Waals surface area (Å²) in [5.41, 5.74) is 2.67. The van der Waals surface area contributed by atoms with Crippen LogP contribution in [0.1, 0.15) is 0 Å². The first-order chi connectivity index (χ1) is 12.7. The molecule has 0 bridgehead atoms. The number of piperazine rings is 1. The normalized spacial score (nSPS) is 14.5. The van der Waals surface area contributed by atoms with Crippen molar-refractivity contribution >= 4 is 23.2 Å². The van der Waals surface area contributed by atoms with Gasteiger partial charge in [0.25, 0.3) is 5.56 Å². The van der Waals surface area contributed by atoms with Gasteiger partial charge in [0.1, 0.15) is 0 Å². The van der Waals surface area contributed by atoms with Crippen molar-refractivity contribution in [2.75, 3.05) is 36.0 Å². The van der Waals surface area contributed by atoms with E-state index in [0.29, 0.717) is 11.6 Å². The molecule has 1 aliphatic rings. The first-order valence-corrected chi connectivity index (χ1v) is 8.99. The number of nitrogens with zero attached hydrogens (tertiary/aromatic N) is 3. The molecule has 2 heterocycles. The van der Waals surface area contributed by atoms with E-state index in [-0.39, 0.29) is 5.56 Å². The maximum Gasteiger partial charge on any atom is 0.252 e. The van der Waals surface area contributed by atoms with E-state index < -0.39 is 0 Å². The zero-order chi connectivity index (χ0) is 17.9. The van der Waals surface area contributed by atoms with Gasteiger partial charge < -0.3 is 9.80 Å². The van der Waals surface area contributed by atoms with Crippen LogP contribution >= 0.6 is 11.6 Å². The van der Waals surface area contributed by atoms with Crippen molar-refractivity contribution in [3.05, 3.63) is 76.0 Å². The summed E-state index contributed by atoms with van der Waals surface area (Å²) in [7, 11) is 0. The SMILES string of the molecule is O=c1cc(-c2ccccc2)nc(N2CCN(c3ccc(Cl)cc3)CC2)[nH]1. The topological polar surface area (TPSA) is 52.2 Å². The first-order valence-electron chi connectivity index (χ1n) is 8.61. The smallest absolute Gasteiger partial charge is 0.252 e. The van der Waals surface area contributed by atoms with Crippen LogP contribution in [0.3, 0.4) is 0 Å². The fraction of sp³-hybridized carbons (Fsp3) is 0.200. The number of aromatic amines is 1. The molecule has 3 aromatic rings. The molecule has 0 unspecified atom stereocenters. The molecule has 0 radical (unpaired) electrons. The van der Waals surface area contributed by atoms with Crippen molar-refractivity contribution in [3.63, 3.8) is 0 Å². The number of anilines is 2. The Hall–Kier alpha value is -2.79. The predicted molar refractivity (Wildman–Crippen MR) is 106 cm³/mol. The van der Waals surface area contributed by atoms with Crippen molar-refractivity contribution in [1.29, 1.82) is 0 Å². The third kappa shape index (κ3) is 3.58. The predicted octanol–water partition coefficient (Wildman–Crippen LogP) is 3.42. The lowest BCUT2D eigenvalue weighted by molar-refractivity contribution is 0.639. The molecule has 5 nitrogen and oxygen atoms in total. The molecule has 2 aromatic carbocycles. The zero-order valence-electron chi connectivity index (χ0n) is 14.2. The quantitative estimate of drug-likeness (QED) is 0.771. The average molecular weight is 367 g/mol. The lowest BCUT2D eigenvalue weighted by Gasteiger charge is -2.36. The highest BCUT2D eigenvalue weighted by molar-refractivity contribution is 6.30. The molecule has 1 fully saturated rings. The first kappa shape index (κ1) is 16.7. The van der Waals surface area contributed by atoms with E-state index in [1.54, 1.807) is 6.07 Å². The minimum Gasteiger partial charge on any atom is -0.368 e. The molecule has 4 rings (SSSR count). The van der Waals surface area contributed by atoms with Crippen LogP contribution in [0.2, 0.25) is 5.02 Å². The number of hydrogen-bond acceptors (Lipinski definition) is 4. The van der Waals surface area contributed by atoms with Crippen molar-refractivity contribution in [2.24, 2.45) is 0 Å². The Kier molecular flexibility index (Phi) is 4.63. The highest BCUT2D eigenvalue weighted by Gasteiger charge is 2.19. The van der Waals surface area contributed by atoms with Crippen molar-refractivity contribution in [1.82, 2.24) is 9.97 Å². The largest absolute Gasteiger partial charge is 0.368 e. The van der Waals surface area contributed by atoms with E-state index in [0.717, 1.165) is 42.5 Å². The third-order valence-corrected chi connectivity index (χ3v) is 4.82. The van der Waals surface area contributed by atoms with Crippen LogP contribution in [0.4, 0.5) is 11.6 Å². The molecule has 26 heavy (non-hydrogen) atoms. The Morgan fingerprint density at radius 1 is 0.885 bits per heavy atom. The van der Waals surface area contributed by atoms with Crippen LogP contribution in [0.25, 0.3) is 11.3 Å². The number of aromatic nitrogens is 2. The van der Waals surface area contributed by atoms with Gasteiger partial charge in [0.2, 0.25) is 5.95 Å². The van der Waals surface area contributed by atoms with Crippen LogP contribution < -0.4 is 15.4 Å². The van der Waals surface area contributed by atoms with Gasteiger partial charge >= 0.3 is 0 Å². The summed E-state index contributed by atoms with van der Waals surface area (Å²) < 4.78 is 0. The number of halogens is 1. The molecule has 1 saturated heterocycles. The molecule has 6 heteroatoms. The monoisotopic (exact) mass is 366 g/mol. The second-order valence-electron chi connectivity index (χ2n) is 6.27. The van der Waals surface area contributed by atoms with Gasteiger partial charge in [-0.05, 0) is 24.3 Å². The van der Waals surface area contributed by atoms with Crippen LogP contribution in [0.5, 0.6) is 0 Å². The van der Waals surface area contributed by atoms with Gasteiger partial charge in [0, 0.05) is 48.5 Å². The fourth-order valence-corrected chi connectivity index (χ4v) is 3.31. The molecular formula is C20H19ClN4O. The number of nitrogens with one attached hydrogen (secondary N) is 1. The van der Waals surface area contributed by atoms with E-state index in [1.165, 1.54) is 0 Å².